The Morgan fingerprint density at radius 2 is 2.12 bits per heavy atom. The van der Waals surface area contributed by atoms with Crippen molar-refractivity contribution >= 4 is 11.6 Å². The highest BCUT2D eigenvalue weighted by molar-refractivity contribution is 6.43. The number of hydrogen-bond donors (Lipinski definition) is 0. The van der Waals surface area contributed by atoms with Gasteiger partial charge in [-0.3, -0.25) is 9.59 Å². The molecule has 3 nitrogen and oxygen atoms in total. The Morgan fingerprint density at radius 3 is 2.82 bits per heavy atom. The van der Waals surface area contributed by atoms with Gasteiger partial charge < -0.3 is 4.74 Å². The Balaban J connectivity index is 2.17. The first-order chi connectivity index (χ1) is 8.08. The van der Waals surface area contributed by atoms with E-state index >= 15 is 0 Å². The van der Waals surface area contributed by atoms with Gasteiger partial charge >= 0.3 is 0 Å². The van der Waals surface area contributed by atoms with Gasteiger partial charge in [0.15, 0.2) is 0 Å². The molecule has 0 saturated carbocycles. The molecule has 0 amide bonds. The van der Waals surface area contributed by atoms with Crippen molar-refractivity contribution in [3.05, 3.63) is 29.3 Å². The van der Waals surface area contributed by atoms with Crippen LogP contribution >= 0.6 is 0 Å². The number of ketones is 2. The fourth-order valence-electron chi connectivity index (χ4n) is 1.95. The average molecular weight is 232 g/mol. The predicted molar refractivity (Wildman–Crippen MR) is 64.4 cm³/mol. The van der Waals surface area contributed by atoms with Gasteiger partial charge in [0.2, 0.25) is 11.6 Å². The van der Waals surface area contributed by atoms with E-state index in [1.54, 1.807) is 18.2 Å². The van der Waals surface area contributed by atoms with Crippen LogP contribution in [-0.2, 0) is 11.2 Å². The Hall–Kier alpha value is -1.64. The van der Waals surface area contributed by atoms with Gasteiger partial charge in [-0.2, -0.15) is 0 Å². The van der Waals surface area contributed by atoms with E-state index in [0.717, 1.165) is 17.7 Å². The minimum Gasteiger partial charge on any atom is -0.493 e. The number of carbonyl (C=O) groups is 2. The predicted octanol–water partition coefficient (Wildman–Crippen LogP) is 2.42. The Bertz CT molecular complexity index is 461. The quantitative estimate of drug-likeness (QED) is 0.591. The van der Waals surface area contributed by atoms with Gasteiger partial charge in [-0.25, -0.2) is 0 Å². The third kappa shape index (κ3) is 2.54. The summed E-state index contributed by atoms with van der Waals surface area (Å²) in [6.45, 7) is 4.52. The zero-order chi connectivity index (χ0) is 12.4. The summed E-state index contributed by atoms with van der Waals surface area (Å²) in [6, 6.07) is 5.23. The van der Waals surface area contributed by atoms with Gasteiger partial charge in [-0.1, -0.05) is 13.8 Å². The van der Waals surface area contributed by atoms with Crippen molar-refractivity contribution in [2.24, 2.45) is 5.92 Å². The lowest BCUT2D eigenvalue weighted by Gasteiger charge is -2.04. The van der Waals surface area contributed by atoms with Crippen LogP contribution in [-0.4, -0.2) is 18.2 Å². The molecule has 0 aliphatic carbocycles. The fraction of sp³-hybridized carbons (Fsp3) is 0.429. The monoisotopic (exact) mass is 232 g/mol. The van der Waals surface area contributed by atoms with Crippen LogP contribution in [0.3, 0.4) is 0 Å². The van der Waals surface area contributed by atoms with E-state index in [1.807, 2.05) is 13.8 Å². The molecule has 0 unspecified atom stereocenters. The lowest BCUT2D eigenvalue weighted by molar-refractivity contribution is -0.115. The van der Waals surface area contributed by atoms with Crippen molar-refractivity contribution in [1.29, 1.82) is 0 Å². The van der Waals surface area contributed by atoms with Crippen molar-refractivity contribution in [2.75, 3.05) is 6.61 Å². The standard InChI is InChI=1S/C14H16O3/c1-9(2)7-12(15)14(16)11-3-4-13-10(8-11)5-6-17-13/h3-4,8-9H,5-7H2,1-2H3. The van der Waals surface area contributed by atoms with E-state index in [0.29, 0.717) is 18.6 Å². The first-order valence-corrected chi connectivity index (χ1v) is 5.91. The van der Waals surface area contributed by atoms with Crippen LogP contribution in [0.1, 0.15) is 36.2 Å². The Labute approximate surface area is 101 Å². The minimum atomic E-state index is -0.381. The molecule has 1 aliphatic rings. The molecule has 90 valence electrons. The second-order valence-electron chi connectivity index (χ2n) is 4.77. The Kier molecular flexibility index (Phi) is 3.27. The summed E-state index contributed by atoms with van der Waals surface area (Å²) in [4.78, 5) is 23.6. The summed E-state index contributed by atoms with van der Waals surface area (Å²) < 4.78 is 5.36. The summed E-state index contributed by atoms with van der Waals surface area (Å²) in [5, 5.41) is 0. The molecule has 1 aromatic rings. The maximum Gasteiger partial charge on any atom is 0.228 e. The van der Waals surface area contributed by atoms with Crippen LogP contribution in [0.2, 0.25) is 0 Å². The zero-order valence-electron chi connectivity index (χ0n) is 10.2. The van der Waals surface area contributed by atoms with Crippen LogP contribution in [0.4, 0.5) is 0 Å². The van der Waals surface area contributed by atoms with E-state index in [1.165, 1.54) is 0 Å². The number of Topliss-reactive ketones (excluding diaryl/α,β-unsaturated/α-hetero) is 2. The topological polar surface area (TPSA) is 43.4 Å². The average Bonchev–Trinajstić information content (AvgIpc) is 2.73. The molecular weight excluding hydrogens is 216 g/mol. The molecular formula is C14H16O3. The number of fused-ring (bicyclic) bond motifs is 1. The SMILES string of the molecule is CC(C)CC(=O)C(=O)c1ccc2c(c1)CCO2. The molecule has 2 rings (SSSR count). The molecule has 0 radical (unpaired) electrons. The first-order valence-electron chi connectivity index (χ1n) is 5.91. The first kappa shape index (κ1) is 11.8. The van der Waals surface area contributed by atoms with Gasteiger partial charge in [0, 0.05) is 18.4 Å². The lowest BCUT2D eigenvalue weighted by Crippen LogP contribution is -2.16. The van der Waals surface area contributed by atoms with E-state index in [2.05, 4.69) is 0 Å². The van der Waals surface area contributed by atoms with Crippen LogP contribution in [0, 0.1) is 5.92 Å². The molecule has 0 spiro atoms. The Morgan fingerprint density at radius 1 is 1.35 bits per heavy atom. The largest absolute Gasteiger partial charge is 0.493 e. The number of rotatable bonds is 4. The summed E-state index contributed by atoms with van der Waals surface area (Å²) >= 11 is 0. The van der Waals surface area contributed by atoms with Crippen molar-refractivity contribution in [3.8, 4) is 5.75 Å². The van der Waals surface area contributed by atoms with Crippen molar-refractivity contribution in [1.82, 2.24) is 0 Å². The maximum atomic E-state index is 11.9. The summed E-state index contributed by atoms with van der Waals surface area (Å²) in [6.07, 6.45) is 1.13. The maximum absolute atomic E-state index is 11.9. The zero-order valence-corrected chi connectivity index (χ0v) is 10.2. The van der Waals surface area contributed by atoms with Gasteiger partial charge in [-0.15, -0.1) is 0 Å². The fourth-order valence-corrected chi connectivity index (χ4v) is 1.95. The number of carbonyl (C=O) groups excluding carboxylic acids is 2. The van der Waals surface area contributed by atoms with Crippen LogP contribution < -0.4 is 4.74 Å². The van der Waals surface area contributed by atoms with Crippen molar-refractivity contribution in [2.45, 2.75) is 26.7 Å². The normalized spacial score (nSPS) is 13.4. The summed E-state index contributed by atoms with van der Waals surface area (Å²) in [5.41, 5.74) is 1.51. The van der Waals surface area contributed by atoms with Gasteiger partial charge in [0.1, 0.15) is 5.75 Å². The molecule has 0 fully saturated rings. The highest BCUT2D eigenvalue weighted by atomic mass is 16.5. The molecule has 0 N–H and O–H groups in total. The number of ether oxygens (including phenoxy) is 1. The van der Waals surface area contributed by atoms with Crippen LogP contribution in [0.25, 0.3) is 0 Å². The van der Waals surface area contributed by atoms with Crippen molar-refractivity contribution < 1.29 is 14.3 Å². The third-order valence-electron chi connectivity index (χ3n) is 2.80. The molecule has 1 aliphatic heterocycles. The molecule has 0 bridgehead atoms. The molecule has 1 aromatic carbocycles. The van der Waals surface area contributed by atoms with Crippen LogP contribution in [0.5, 0.6) is 5.75 Å². The lowest BCUT2D eigenvalue weighted by atomic mass is 9.98. The highest BCUT2D eigenvalue weighted by Crippen LogP contribution is 2.26. The summed E-state index contributed by atoms with van der Waals surface area (Å²) in [5.74, 6) is 0.356. The molecule has 1 heterocycles. The second kappa shape index (κ2) is 4.70. The molecule has 0 atom stereocenters. The second-order valence-corrected chi connectivity index (χ2v) is 4.77. The molecule has 17 heavy (non-hydrogen) atoms. The molecule has 0 aromatic heterocycles. The molecule has 0 saturated heterocycles. The van der Waals surface area contributed by atoms with E-state index in [-0.39, 0.29) is 17.5 Å². The minimum absolute atomic E-state index is 0.212. The number of benzene rings is 1. The van der Waals surface area contributed by atoms with E-state index in [4.69, 9.17) is 4.74 Å². The van der Waals surface area contributed by atoms with Gasteiger partial charge in [0.05, 0.1) is 6.61 Å². The summed E-state index contributed by atoms with van der Waals surface area (Å²) in [7, 11) is 0. The van der Waals surface area contributed by atoms with E-state index in [9.17, 15) is 9.59 Å². The third-order valence-corrected chi connectivity index (χ3v) is 2.80. The highest BCUT2D eigenvalue weighted by Gasteiger charge is 2.20. The number of hydrogen-bond acceptors (Lipinski definition) is 3. The van der Waals surface area contributed by atoms with Gasteiger partial charge in [0.25, 0.3) is 0 Å². The van der Waals surface area contributed by atoms with E-state index < -0.39 is 0 Å². The van der Waals surface area contributed by atoms with Crippen LogP contribution in [0.15, 0.2) is 18.2 Å². The van der Waals surface area contributed by atoms with Crippen molar-refractivity contribution in [3.63, 3.8) is 0 Å². The van der Waals surface area contributed by atoms with Gasteiger partial charge in [-0.05, 0) is 29.7 Å². The molecule has 3 heteroatoms. The smallest absolute Gasteiger partial charge is 0.228 e.